The van der Waals surface area contributed by atoms with Crippen molar-refractivity contribution >= 4 is 41.5 Å². The molecule has 0 saturated carbocycles. The molecule has 21 heavy (non-hydrogen) atoms. The Morgan fingerprint density at radius 1 is 1.48 bits per heavy atom. The molecule has 1 rings (SSSR count). The lowest BCUT2D eigenvalue weighted by Crippen LogP contribution is -2.29. The van der Waals surface area contributed by atoms with Gasteiger partial charge in [-0.15, -0.1) is 30.4 Å². The smallest absolute Gasteiger partial charge is 0.242 e. The van der Waals surface area contributed by atoms with Gasteiger partial charge in [-0.05, 0) is 23.6 Å². The standard InChI is InChI=1S/C15H20N4O.HI/c1-4-8-17-14(20)10-18-15(16)19-13-7-5-6-12(9-13)11(2)3;/h1,5-7,9,11H,8,10H2,2-3H3,(H,17,20)(H3,16,18,19);1H. The summed E-state index contributed by atoms with van der Waals surface area (Å²) in [5, 5.41) is 5.47. The molecule has 0 aliphatic heterocycles. The van der Waals surface area contributed by atoms with Gasteiger partial charge in [0.25, 0.3) is 0 Å². The van der Waals surface area contributed by atoms with Crippen molar-refractivity contribution in [2.75, 3.05) is 18.4 Å². The number of hydrogen-bond donors (Lipinski definition) is 3. The molecule has 1 aromatic carbocycles. The maximum atomic E-state index is 11.3. The van der Waals surface area contributed by atoms with E-state index >= 15 is 0 Å². The van der Waals surface area contributed by atoms with Crippen molar-refractivity contribution in [3.05, 3.63) is 29.8 Å². The molecule has 6 heteroatoms. The summed E-state index contributed by atoms with van der Waals surface area (Å²) < 4.78 is 0. The van der Waals surface area contributed by atoms with E-state index in [0.29, 0.717) is 5.92 Å². The van der Waals surface area contributed by atoms with E-state index in [-0.39, 0.29) is 48.9 Å². The summed E-state index contributed by atoms with van der Waals surface area (Å²) in [6, 6.07) is 7.90. The van der Waals surface area contributed by atoms with Gasteiger partial charge in [-0.25, -0.2) is 4.99 Å². The van der Waals surface area contributed by atoms with Gasteiger partial charge in [-0.3, -0.25) is 4.79 Å². The molecule has 0 radical (unpaired) electrons. The van der Waals surface area contributed by atoms with Crippen molar-refractivity contribution in [3.63, 3.8) is 0 Å². The Kier molecular flexibility index (Phi) is 9.21. The lowest BCUT2D eigenvalue weighted by molar-refractivity contribution is -0.119. The van der Waals surface area contributed by atoms with Gasteiger partial charge in [0.05, 0.1) is 6.54 Å². The highest BCUT2D eigenvalue weighted by Crippen LogP contribution is 2.18. The number of aliphatic imine (C=N–C) groups is 1. The first-order valence-electron chi connectivity index (χ1n) is 6.40. The van der Waals surface area contributed by atoms with E-state index in [1.54, 1.807) is 0 Å². The zero-order valence-corrected chi connectivity index (χ0v) is 14.5. The average molecular weight is 400 g/mol. The lowest BCUT2D eigenvalue weighted by atomic mass is 10.0. The van der Waals surface area contributed by atoms with Crippen LogP contribution in [0.1, 0.15) is 25.3 Å². The van der Waals surface area contributed by atoms with Crippen molar-refractivity contribution < 1.29 is 4.79 Å². The molecule has 0 fully saturated rings. The second-order valence-electron chi connectivity index (χ2n) is 4.59. The first-order chi connectivity index (χ1) is 9.52. The van der Waals surface area contributed by atoms with E-state index in [2.05, 4.69) is 41.5 Å². The molecule has 0 aliphatic rings. The number of rotatable bonds is 5. The first kappa shape index (κ1) is 19.2. The van der Waals surface area contributed by atoms with Crippen LogP contribution in [-0.4, -0.2) is 25.0 Å². The summed E-state index contributed by atoms with van der Waals surface area (Å²) in [7, 11) is 0. The highest BCUT2D eigenvalue weighted by atomic mass is 127. The fourth-order valence-electron chi connectivity index (χ4n) is 1.53. The van der Waals surface area contributed by atoms with Crippen LogP contribution in [0.15, 0.2) is 29.3 Å². The molecule has 5 nitrogen and oxygen atoms in total. The number of anilines is 1. The van der Waals surface area contributed by atoms with Crippen molar-refractivity contribution in [1.29, 1.82) is 0 Å². The minimum absolute atomic E-state index is 0. The molecular formula is C15H21IN4O. The van der Waals surface area contributed by atoms with Gasteiger partial charge in [-0.1, -0.05) is 31.9 Å². The maximum Gasteiger partial charge on any atom is 0.242 e. The number of terminal acetylenes is 1. The summed E-state index contributed by atoms with van der Waals surface area (Å²) in [6.07, 6.45) is 5.04. The summed E-state index contributed by atoms with van der Waals surface area (Å²) in [6.45, 7) is 4.38. The number of carbonyl (C=O) groups is 1. The molecule has 0 bridgehead atoms. The van der Waals surface area contributed by atoms with Crippen LogP contribution in [0.2, 0.25) is 0 Å². The number of carbonyl (C=O) groups excluding carboxylic acids is 1. The van der Waals surface area contributed by atoms with E-state index in [0.717, 1.165) is 5.69 Å². The van der Waals surface area contributed by atoms with Crippen molar-refractivity contribution in [2.24, 2.45) is 10.7 Å². The quantitative estimate of drug-likeness (QED) is 0.306. The van der Waals surface area contributed by atoms with Crippen LogP contribution in [0.3, 0.4) is 0 Å². The number of amides is 1. The molecule has 0 spiro atoms. The molecule has 1 aromatic rings. The Bertz CT molecular complexity index is 535. The van der Waals surface area contributed by atoms with Gasteiger partial charge < -0.3 is 16.4 Å². The summed E-state index contributed by atoms with van der Waals surface area (Å²) in [5.41, 5.74) is 7.78. The normalized spacial score (nSPS) is 10.5. The molecule has 114 valence electrons. The number of benzene rings is 1. The Morgan fingerprint density at radius 3 is 2.81 bits per heavy atom. The number of guanidine groups is 1. The molecular weight excluding hydrogens is 379 g/mol. The van der Waals surface area contributed by atoms with Gasteiger partial charge in [0.15, 0.2) is 5.96 Å². The molecule has 0 heterocycles. The number of nitrogens with one attached hydrogen (secondary N) is 2. The third-order valence-electron chi connectivity index (χ3n) is 2.61. The minimum atomic E-state index is -0.261. The highest BCUT2D eigenvalue weighted by molar-refractivity contribution is 14.0. The monoisotopic (exact) mass is 400 g/mol. The van der Waals surface area contributed by atoms with E-state index in [9.17, 15) is 4.79 Å². The average Bonchev–Trinajstić information content (AvgIpc) is 2.43. The highest BCUT2D eigenvalue weighted by Gasteiger charge is 2.02. The number of nitrogens with zero attached hydrogens (tertiary/aromatic N) is 1. The SMILES string of the molecule is C#CCNC(=O)CN=C(N)Nc1cccc(C(C)C)c1.I. The Hall–Kier alpha value is -1.75. The van der Waals surface area contributed by atoms with Crippen LogP contribution in [0, 0.1) is 12.3 Å². The predicted octanol–water partition coefficient (Wildman–Crippen LogP) is 1.90. The molecule has 0 aliphatic carbocycles. The van der Waals surface area contributed by atoms with Crippen LogP contribution in [-0.2, 0) is 4.79 Å². The molecule has 0 saturated heterocycles. The van der Waals surface area contributed by atoms with Crippen LogP contribution < -0.4 is 16.4 Å². The molecule has 1 amide bonds. The van der Waals surface area contributed by atoms with Crippen molar-refractivity contribution in [1.82, 2.24) is 5.32 Å². The topological polar surface area (TPSA) is 79.5 Å². The maximum absolute atomic E-state index is 11.3. The van der Waals surface area contributed by atoms with Gasteiger partial charge in [0, 0.05) is 5.69 Å². The van der Waals surface area contributed by atoms with Crippen molar-refractivity contribution in [2.45, 2.75) is 19.8 Å². The number of halogens is 1. The predicted molar refractivity (Wildman–Crippen MR) is 97.9 cm³/mol. The van der Waals surface area contributed by atoms with Crippen LogP contribution in [0.25, 0.3) is 0 Å². The third-order valence-corrected chi connectivity index (χ3v) is 2.61. The largest absolute Gasteiger partial charge is 0.370 e. The molecule has 4 N–H and O–H groups in total. The van der Waals surface area contributed by atoms with Crippen LogP contribution >= 0.6 is 24.0 Å². The summed E-state index contributed by atoms with van der Waals surface area (Å²) in [5.74, 6) is 2.69. The second kappa shape index (κ2) is 10.0. The molecule has 0 unspecified atom stereocenters. The Labute approximate surface area is 142 Å². The van der Waals surface area contributed by atoms with Gasteiger partial charge in [-0.2, -0.15) is 0 Å². The van der Waals surface area contributed by atoms with E-state index < -0.39 is 0 Å². The number of hydrogen-bond acceptors (Lipinski definition) is 2. The van der Waals surface area contributed by atoms with E-state index in [4.69, 9.17) is 12.2 Å². The van der Waals surface area contributed by atoms with E-state index in [1.165, 1.54) is 5.56 Å². The van der Waals surface area contributed by atoms with Gasteiger partial charge in [0.2, 0.25) is 5.91 Å². The van der Waals surface area contributed by atoms with Crippen molar-refractivity contribution in [3.8, 4) is 12.3 Å². The molecule has 0 aromatic heterocycles. The fraction of sp³-hybridized carbons (Fsp3) is 0.333. The lowest BCUT2D eigenvalue weighted by Gasteiger charge is -2.09. The first-order valence-corrected chi connectivity index (χ1v) is 6.40. The minimum Gasteiger partial charge on any atom is -0.370 e. The third kappa shape index (κ3) is 7.56. The van der Waals surface area contributed by atoms with Crippen LogP contribution in [0.4, 0.5) is 5.69 Å². The summed E-state index contributed by atoms with van der Waals surface area (Å²) in [4.78, 5) is 15.3. The summed E-state index contributed by atoms with van der Waals surface area (Å²) >= 11 is 0. The van der Waals surface area contributed by atoms with Gasteiger partial charge in [0.1, 0.15) is 6.54 Å². The van der Waals surface area contributed by atoms with E-state index in [1.807, 2.05) is 18.2 Å². The van der Waals surface area contributed by atoms with Gasteiger partial charge >= 0.3 is 0 Å². The second-order valence-corrected chi connectivity index (χ2v) is 4.59. The Morgan fingerprint density at radius 2 is 2.19 bits per heavy atom. The fourth-order valence-corrected chi connectivity index (χ4v) is 1.53. The zero-order chi connectivity index (χ0) is 15.0. The zero-order valence-electron chi connectivity index (χ0n) is 12.2. The Balaban J connectivity index is 0.00000400. The number of nitrogens with two attached hydrogens (primary N) is 1. The van der Waals surface area contributed by atoms with Crippen LogP contribution in [0.5, 0.6) is 0 Å². The molecule has 0 atom stereocenters.